The average Bonchev–Trinajstić information content (AvgIpc) is 3.42. The lowest BCUT2D eigenvalue weighted by atomic mass is 10.0. The number of halogens is 1. The predicted molar refractivity (Wildman–Crippen MR) is 134 cm³/mol. The number of rotatable bonds is 7. The molecule has 2 aromatic carbocycles. The van der Waals surface area contributed by atoms with Gasteiger partial charge in [-0.3, -0.25) is 4.98 Å². The summed E-state index contributed by atoms with van der Waals surface area (Å²) >= 11 is -0.238. The highest BCUT2D eigenvalue weighted by molar-refractivity contribution is 7.92. The van der Waals surface area contributed by atoms with Crippen LogP contribution < -0.4 is 9.46 Å². The summed E-state index contributed by atoms with van der Waals surface area (Å²) in [6.07, 6.45) is 6.14. The molecular weight excluding hydrogens is 499 g/mol. The number of hydrogen-bond acceptors (Lipinski definition) is 9. The van der Waals surface area contributed by atoms with Crippen molar-refractivity contribution in [3.8, 4) is 40.0 Å². The van der Waals surface area contributed by atoms with E-state index in [2.05, 4.69) is 30.7 Å². The van der Waals surface area contributed by atoms with Crippen molar-refractivity contribution in [3.63, 3.8) is 0 Å². The third-order valence-electron chi connectivity index (χ3n) is 4.99. The molecule has 0 aliphatic heterocycles. The second kappa shape index (κ2) is 10.5. The Hall–Kier alpha value is -4.37. The van der Waals surface area contributed by atoms with Crippen LogP contribution in [0.15, 0.2) is 89.2 Å². The fraction of sp³-hybridized carbons (Fsp3) is 0. The van der Waals surface area contributed by atoms with E-state index in [1.165, 1.54) is 42.1 Å². The first-order chi connectivity index (χ1) is 17.6. The molecule has 176 valence electrons. The molecule has 3 heterocycles. The molecule has 8 nitrogen and oxygen atoms in total. The third-order valence-corrected chi connectivity index (χ3v) is 6.66. The van der Waals surface area contributed by atoms with E-state index in [0.29, 0.717) is 38.8 Å². The van der Waals surface area contributed by atoms with Crippen molar-refractivity contribution < 1.29 is 13.7 Å². The number of benzene rings is 2. The van der Waals surface area contributed by atoms with Crippen LogP contribution >= 0.6 is 11.3 Å². The number of pyridine rings is 1. The third kappa shape index (κ3) is 5.16. The van der Waals surface area contributed by atoms with E-state index in [0.717, 1.165) is 0 Å². The van der Waals surface area contributed by atoms with Crippen LogP contribution in [-0.2, 0) is 11.4 Å². The van der Waals surface area contributed by atoms with Crippen molar-refractivity contribution in [2.45, 2.75) is 4.90 Å². The zero-order valence-corrected chi connectivity index (χ0v) is 20.0. The fourth-order valence-corrected chi connectivity index (χ4v) is 4.72. The van der Waals surface area contributed by atoms with Crippen LogP contribution in [0.5, 0.6) is 11.5 Å². The van der Waals surface area contributed by atoms with Crippen LogP contribution in [0.2, 0.25) is 0 Å². The molecule has 0 bridgehead atoms. The minimum absolute atomic E-state index is 0.186. The molecule has 1 unspecified atom stereocenters. The number of nitrogens with one attached hydrogen (secondary N) is 1. The van der Waals surface area contributed by atoms with Gasteiger partial charge in [0.05, 0.1) is 23.0 Å². The maximum absolute atomic E-state index is 13.8. The zero-order valence-electron chi connectivity index (χ0n) is 18.3. The van der Waals surface area contributed by atoms with Crippen LogP contribution in [0.1, 0.15) is 5.56 Å². The first kappa shape index (κ1) is 23.4. The molecule has 0 saturated heterocycles. The molecular formula is C25H15FN6O2S2. The second-order valence-corrected chi connectivity index (χ2v) is 9.25. The summed E-state index contributed by atoms with van der Waals surface area (Å²) in [7, 11) is 0. The second-order valence-electron chi connectivity index (χ2n) is 7.32. The standard InChI is InChI=1S/C25H15FN6O2S2/c26-19-3-1-2-16(6-19)22-8-21(18-10-28-14-29-11-18)24(12-30-22)34-23-5-4-20(7-17(23)9-27)36(33)32-25-13-35-15-31-25/h1-8,10-15,32H. The van der Waals surface area contributed by atoms with Crippen LogP contribution in [0.4, 0.5) is 10.2 Å². The minimum atomic E-state index is -1.61. The molecule has 36 heavy (non-hydrogen) atoms. The average molecular weight is 515 g/mol. The minimum Gasteiger partial charge on any atom is -0.588 e. The van der Waals surface area contributed by atoms with Crippen molar-refractivity contribution in [1.29, 1.82) is 5.26 Å². The summed E-state index contributed by atoms with van der Waals surface area (Å²) in [5.41, 5.74) is 4.19. The SMILES string of the molecule is N#Cc1cc([S+]([O-])Nc2cscn2)ccc1Oc1cnc(-c2cccc(F)c2)cc1-c1cncnc1. The van der Waals surface area contributed by atoms with Crippen LogP contribution in [0.3, 0.4) is 0 Å². The smallest absolute Gasteiger partial charge is 0.181 e. The Kier molecular flexibility index (Phi) is 6.81. The normalized spacial score (nSPS) is 11.5. The van der Waals surface area contributed by atoms with Gasteiger partial charge in [0.2, 0.25) is 0 Å². The lowest BCUT2D eigenvalue weighted by Gasteiger charge is -2.14. The lowest BCUT2D eigenvalue weighted by molar-refractivity contribution is 0.480. The Morgan fingerprint density at radius 2 is 1.86 bits per heavy atom. The molecule has 0 spiro atoms. The van der Waals surface area contributed by atoms with Crippen molar-refractivity contribution in [3.05, 3.63) is 95.7 Å². The molecule has 11 heteroatoms. The van der Waals surface area contributed by atoms with Gasteiger partial charge in [-0.05, 0) is 30.3 Å². The van der Waals surface area contributed by atoms with Gasteiger partial charge in [-0.25, -0.2) is 19.3 Å². The Morgan fingerprint density at radius 3 is 2.61 bits per heavy atom. The maximum Gasteiger partial charge on any atom is 0.181 e. The van der Waals surface area contributed by atoms with Crippen molar-refractivity contribution in [1.82, 2.24) is 19.9 Å². The lowest BCUT2D eigenvalue weighted by Crippen LogP contribution is -2.13. The Bertz CT molecular complexity index is 1540. The van der Waals surface area contributed by atoms with Gasteiger partial charge >= 0.3 is 0 Å². The molecule has 0 fully saturated rings. The number of hydrogen-bond donors (Lipinski definition) is 1. The molecule has 1 N–H and O–H groups in total. The first-order valence-electron chi connectivity index (χ1n) is 10.4. The highest BCUT2D eigenvalue weighted by atomic mass is 32.2. The monoisotopic (exact) mass is 514 g/mol. The predicted octanol–water partition coefficient (Wildman–Crippen LogP) is 5.60. The summed E-state index contributed by atoms with van der Waals surface area (Å²) in [6.45, 7) is 0. The molecule has 0 amide bonds. The van der Waals surface area contributed by atoms with Crippen LogP contribution in [0.25, 0.3) is 22.4 Å². The van der Waals surface area contributed by atoms with E-state index in [-0.39, 0.29) is 17.1 Å². The fourth-order valence-electron chi connectivity index (χ4n) is 3.33. The van der Waals surface area contributed by atoms with Gasteiger partial charge in [0, 0.05) is 40.5 Å². The van der Waals surface area contributed by atoms with Crippen molar-refractivity contribution in [2.24, 2.45) is 0 Å². The van der Waals surface area contributed by atoms with Gasteiger partial charge < -0.3 is 9.29 Å². The highest BCUT2D eigenvalue weighted by Gasteiger charge is 2.18. The summed E-state index contributed by atoms with van der Waals surface area (Å²) in [5, 5.41) is 11.5. The van der Waals surface area contributed by atoms with E-state index in [4.69, 9.17) is 4.74 Å². The van der Waals surface area contributed by atoms with Gasteiger partial charge in [0.15, 0.2) is 16.5 Å². The molecule has 0 aliphatic carbocycles. The van der Waals surface area contributed by atoms with E-state index in [1.54, 1.807) is 53.6 Å². The van der Waals surface area contributed by atoms with E-state index in [9.17, 15) is 14.2 Å². The number of thiazole rings is 1. The molecule has 1 atom stereocenters. The van der Waals surface area contributed by atoms with E-state index >= 15 is 0 Å². The quantitative estimate of drug-likeness (QED) is 0.279. The van der Waals surface area contributed by atoms with Crippen LogP contribution in [-0.4, -0.2) is 24.5 Å². The first-order valence-corrected chi connectivity index (χ1v) is 12.5. The molecule has 0 aliphatic rings. The highest BCUT2D eigenvalue weighted by Crippen LogP contribution is 2.36. The number of anilines is 1. The number of nitrogens with zero attached hydrogens (tertiary/aromatic N) is 5. The topological polar surface area (TPSA) is 120 Å². The number of ether oxygens (including phenoxy) is 1. The number of aromatic nitrogens is 4. The van der Waals surface area contributed by atoms with E-state index < -0.39 is 11.4 Å². The van der Waals surface area contributed by atoms with Gasteiger partial charge in [-0.15, -0.1) is 11.3 Å². The summed E-state index contributed by atoms with van der Waals surface area (Å²) in [4.78, 5) is 17.0. The van der Waals surface area contributed by atoms with Gasteiger partial charge in [-0.1, -0.05) is 12.1 Å². The molecule has 0 radical (unpaired) electrons. The van der Waals surface area contributed by atoms with Gasteiger partial charge in [-0.2, -0.15) is 9.98 Å². The largest absolute Gasteiger partial charge is 0.588 e. The molecule has 5 aromatic rings. The summed E-state index contributed by atoms with van der Waals surface area (Å²) < 4.78 is 35.3. The van der Waals surface area contributed by atoms with Crippen molar-refractivity contribution >= 4 is 28.5 Å². The number of nitriles is 1. The van der Waals surface area contributed by atoms with Crippen molar-refractivity contribution in [2.75, 3.05) is 4.72 Å². The molecule has 3 aromatic heterocycles. The summed E-state index contributed by atoms with van der Waals surface area (Å²) in [5.74, 6) is 0.706. The van der Waals surface area contributed by atoms with Crippen LogP contribution in [0, 0.1) is 17.1 Å². The molecule has 0 saturated carbocycles. The maximum atomic E-state index is 13.8. The Morgan fingerprint density at radius 1 is 1.00 bits per heavy atom. The Balaban J connectivity index is 1.49. The van der Waals surface area contributed by atoms with E-state index in [1.807, 2.05) is 0 Å². The Labute approximate surface area is 212 Å². The zero-order chi connectivity index (χ0) is 24.9. The summed E-state index contributed by atoms with van der Waals surface area (Å²) in [6, 6.07) is 14.6. The van der Waals surface area contributed by atoms with Gasteiger partial charge in [0.1, 0.15) is 35.3 Å². The molecule has 5 rings (SSSR count). The van der Waals surface area contributed by atoms with Gasteiger partial charge in [0.25, 0.3) is 0 Å².